The molecule has 0 heterocycles. The van der Waals surface area contributed by atoms with Crippen LogP contribution in [-0.4, -0.2) is 34.6 Å². The van der Waals surface area contributed by atoms with Crippen molar-refractivity contribution < 1.29 is 19.8 Å². The first-order chi connectivity index (χ1) is 1.73. The fourth-order valence-corrected chi connectivity index (χ4v) is 0. The summed E-state index contributed by atoms with van der Waals surface area (Å²) >= 11 is 0. The van der Waals surface area contributed by atoms with Gasteiger partial charge in [-0.05, 0) is 0 Å². The largest absolute Gasteiger partial charge is 4.00 e. The van der Waals surface area contributed by atoms with E-state index in [4.69, 9.17) is 15.1 Å². The summed E-state index contributed by atoms with van der Waals surface area (Å²) in [6.45, 7) is 0. The average Bonchev–Trinajstić information content (AvgIpc) is 0.811. The maximum atomic E-state index is 8.42. The summed E-state index contributed by atoms with van der Waals surface area (Å²) in [5.41, 5.74) is 0. The van der Waals surface area contributed by atoms with Crippen LogP contribution < -0.4 is 19.8 Å². The summed E-state index contributed by atoms with van der Waals surface area (Å²) in [6.07, 6.45) is 0. The minimum atomic E-state index is -2.92. The van der Waals surface area contributed by atoms with Gasteiger partial charge in [0.05, 0.1) is 0 Å². The minimum absolute atomic E-state index is 0. The molecule has 0 aromatic heterocycles. The summed E-state index contributed by atoms with van der Waals surface area (Å²) in [5, 5.41) is 25.2. The summed E-state index contributed by atoms with van der Waals surface area (Å²) in [7, 11) is -2.92. The van der Waals surface area contributed by atoms with Crippen molar-refractivity contribution in [1.29, 1.82) is 0 Å². The van der Waals surface area contributed by atoms with Crippen LogP contribution in [0.5, 0.6) is 0 Å². The molecule has 0 fully saturated rings. The molecule has 0 N–H and O–H groups in total. The Morgan fingerprint density at radius 2 is 1.00 bits per heavy atom. The predicted molar refractivity (Wildman–Crippen MR) is 11.5 cm³/mol. The van der Waals surface area contributed by atoms with Crippen LogP contribution in [0.4, 0.5) is 0 Å². The van der Waals surface area contributed by atoms with E-state index in [1.165, 1.54) is 0 Å². The van der Waals surface area contributed by atoms with Crippen molar-refractivity contribution in [3.63, 3.8) is 0 Å². The Kier molecular flexibility index (Phi) is 24.4. The van der Waals surface area contributed by atoms with Crippen molar-refractivity contribution in [1.82, 2.24) is 0 Å². The van der Waals surface area contributed by atoms with Gasteiger partial charge in [-0.15, -0.1) is 0 Å². The van der Waals surface area contributed by atoms with E-state index in [0.29, 0.717) is 0 Å². The quantitative estimate of drug-likeness (QED) is 0.415. The second-order valence-electron chi connectivity index (χ2n) is 0.289. The Balaban J connectivity index is -0.0000000450. The zero-order valence-electron chi connectivity index (χ0n) is 2.68. The van der Waals surface area contributed by atoms with Gasteiger partial charge in [0.25, 0.3) is 0 Å². The minimum Gasteiger partial charge on any atom is -1.00 e. The van der Waals surface area contributed by atoms with Gasteiger partial charge in [0, 0.05) is 0 Å². The first-order valence-electron chi connectivity index (χ1n) is 0.707. The van der Waals surface area contributed by atoms with Crippen LogP contribution in [0.15, 0.2) is 0 Å². The van der Waals surface area contributed by atoms with E-state index in [1.54, 1.807) is 0 Å². The Labute approximate surface area is 54.7 Å². The van der Waals surface area contributed by atoms with Crippen molar-refractivity contribution in [2.75, 3.05) is 0 Å². The molecule has 32 valence electrons. The molecule has 0 aliphatic rings. The summed E-state index contributed by atoms with van der Waals surface area (Å²) < 4.78 is 0. The maximum absolute atomic E-state index is 8.42. The van der Waals surface area contributed by atoms with E-state index in [-0.39, 0.29) is 32.0 Å². The standard InChI is InChI=1S/BO3.FH.Pb/c2-1(3)4;;/h;1H;/q-3;;+4/p-1. The van der Waals surface area contributed by atoms with Gasteiger partial charge >= 0.3 is 27.3 Å². The molecule has 0 rings (SSSR count). The third-order valence-corrected chi connectivity index (χ3v) is 0. The van der Waals surface area contributed by atoms with Gasteiger partial charge < -0.3 is 19.8 Å². The summed E-state index contributed by atoms with van der Waals surface area (Å²) in [6, 6.07) is 0. The van der Waals surface area contributed by atoms with Crippen LogP contribution in [0.25, 0.3) is 0 Å². The molecule has 0 bridgehead atoms. The molecule has 0 amide bonds. The van der Waals surface area contributed by atoms with Crippen LogP contribution >= 0.6 is 0 Å². The molecule has 6 heteroatoms. The molecule has 0 saturated carbocycles. The molecule has 0 atom stereocenters. The average molecular weight is 285 g/mol. The van der Waals surface area contributed by atoms with Crippen molar-refractivity contribution in [3.8, 4) is 0 Å². The van der Waals surface area contributed by atoms with E-state index >= 15 is 0 Å². The predicted octanol–water partition coefficient (Wildman–Crippen LogP) is -7.32. The van der Waals surface area contributed by atoms with Crippen LogP contribution in [0, 0.1) is 0 Å². The number of hydrogen-bond acceptors (Lipinski definition) is 3. The molecule has 0 saturated heterocycles. The molecule has 0 unspecified atom stereocenters. The Hall–Kier alpha value is 0.797. The topological polar surface area (TPSA) is 69.2 Å². The third-order valence-electron chi connectivity index (χ3n) is 0. The molecule has 0 aliphatic carbocycles. The number of halogens is 1. The van der Waals surface area contributed by atoms with Gasteiger partial charge in [0.15, 0.2) is 0 Å². The second kappa shape index (κ2) is 9.25. The van der Waals surface area contributed by atoms with Gasteiger partial charge in [0.1, 0.15) is 0 Å². The van der Waals surface area contributed by atoms with E-state index in [1.807, 2.05) is 0 Å². The van der Waals surface area contributed by atoms with Crippen molar-refractivity contribution in [2.24, 2.45) is 0 Å². The Morgan fingerprint density at radius 3 is 1.00 bits per heavy atom. The molecule has 0 aromatic carbocycles. The second-order valence-corrected chi connectivity index (χ2v) is 0.289. The van der Waals surface area contributed by atoms with E-state index in [2.05, 4.69) is 0 Å². The third kappa shape index (κ3) is 109. The number of hydrogen-bond donors (Lipinski definition) is 0. The summed E-state index contributed by atoms with van der Waals surface area (Å²) in [5.74, 6) is 0. The van der Waals surface area contributed by atoms with Gasteiger partial charge in [-0.1, -0.05) is 0 Å². The van der Waals surface area contributed by atoms with Crippen LogP contribution in [0.1, 0.15) is 0 Å². The van der Waals surface area contributed by atoms with E-state index < -0.39 is 7.32 Å². The molecule has 0 aromatic rings. The molecule has 6 heavy (non-hydrogen) atoms. The molecule has 0 radical (unpaired) electrons. The van der Waals surface area contributed by atoms with Gasteiger partial charge in [-0.2, -0.15) is 0 Å². The van der Waals surface area contributed by atoms with Crippen molar-refractivity contribution in [2.45, 2.75) is 0 Å². The molecule has 0 spiro atoms. The maximum Gasteiger partial charge on any atom is 4.00 e. The first kappa shape index (κ1) is 15.8. The molecular formula is BFO3Pb. The Morgan fingerprint density at radius 1 is 1.00 bits per heavy atom. The summed E-state index contributed by atoms with van der Waals surface area (Å²) in [4.78, 5) is 0. The van der Waals surface area contributed by atoms with Gasteiger partial charge in [-0.3, -0.25) is 7.32 Å². The SMILES string of the molecule is [F-].[O-]B([O-])[O-].[Pb+4]. The Bertz CT molecular complexity index is 15.5. The fourth-order valence-electron chi connectivity index (χ4n) is 0. The zero-order chi connectivity index (χ0) is 3.58. The van der Waals surface area contributed by atoms with Gasteiger partial charge in [0.2, 0.25) is 0 Å². The normalized spacial score (nSPS) is 4.50. The van der Waals surface area contributed by atoms with Crippen LogP contribution in [0.3, 0.4) is 0 Å². The zero-order valence-corrected chi connectivity index (χ0v) is 6.57. The number of rotatable bonds is 0. The molecular weight excluding hydrogens is 285 g/mol. The smallest absolute Gasteiger partial charge is 1.00 e. The van der Waals surface area contributed by atoms with Crippen molar-refractivity contribution >= 4 is 34.6 Å². The van der Waals surface area contributed by atoms with E-state index in [9.17, 15) is 0 Å². The van der Waals surface area contributed by atoms with Gasteiger partial charge in [-0.25, -0.2) is 0 Å². The molecule has 3 nitrogen and oxygen atoms in total. The van der Waals surface area contributed by atoms with Crippen molar-refractivity contribution in [3.05, 3.63) is 0 Å². The van der Waals surface area contributed by atoms with E-state index in [0.717, 1.165) is 0 Å². The first-order valence-corrected chi connectivity index (χ1v) is 0.707. The van der Waals surface area contributed by atoms with Crippen LogP contribution in [-0.2, 0) is 0 Å². The monoisotopic (exact) mass is 286 g/mol. The fraction of sp³-hybridized carbons (Fsp3) is 0. The van der Waals surface area contributed by atoms with Crippen LogP contribution in [0.2, 0.25) is 0 Å². The molecule has 0 aliphatic heterocycles.